The molecule has 4 rings (SSSR count). The number of carbonyl (C=O) groups excluding carboxylic acids is 1. The fourth-order valence-electron chi connectivity index (χ4n) is 5.23. The maximum absolute atomic E-state index is 12.1. The number of esters is 1. The van der Waals surface area contributed by atoms with Gasteiger partial charge in [0.05, 0.1) is 18.5 Å². The van der Waals surface area contributed by atoms with Gasteiger partial charge in [0, 0.05) is 33.9 Å². The Labute approximate surface area is 190 Å². The van der Waals surface area contributed by atoms with Crippen LogP contribution in [0.5, 0.6) is 0 Å². The number of aromatic nitrogens is 1. The van der Waals surface area contributed by atoms with Crippen LogP contribution in [0.25, 0.3) is 10.9 Å². The number of anilines is 1. The molecule has 2 aliphatic rings. The molecular weight excluding hydrogens is 408 g/mol. The van der Waals surface area contributed by atoms with Crippen LogP contribution in [0.2, 0.25) is 5.02 Å². The largest absolute Gasteiger partial charge is 0.466 e. The van der Waals surface area contributed by atoms with Gasteiger partial charge in [-0.25, -0.2) is 0 Å². The molecule has 0 saturated carbocycles. The highest BCUT2D eigenvalue weighted by molar-refractivity contribution is 6.31. The first-order valence-corrected chi connectivity index (χ1v) is 12.2. The minimum Gasteiger partial charge on any atom is -0.466 e. The Morgan fingerprint density at radius 2 is 2.10 bits per heavy atom. The number of carbonyl (C=O) groups is 1. The summed E-state index contributed by atoms with van der Waals surface area (Å²) in [5.74, 6) is 0.723. The fraction of sp³-hybridized carbons (Fsp3) is 0.538. The first kappa shape index (κ1) is 22.1. The lowest BCUT2D eigenvalue weighted by Gasteiger charge is -2.36. The first-order valence-electron chi connectivity index (χ1n) is 11.8. The summed E-state index contributed by atoms with van der Waals surface area (Å²) in [5, 5.41) is 5.65. The van der Waals surface area contributed by atoms with E-state index in [9.17, 15) is 4.79 Å². The molecule has 2 atom stereocenters. The average molecular weight is 441 g/mol. The van der Waals surface area contributed by atoms with Crippen LogP contribution in [0.4, 0.5) is 5.69 Å². The minimum atomic E-state index is -0.116. The van der Waals surface area contributed by atoms with E-state index in [-0.39, 0.29) is 5.97 Å². The van der Waals surface area contributed by atoms with E-state index in [0.717, 1.165) is 41.7 Å². The van der Waals surface area contributed by atoms with Gasteiger partial charge < -0.3 is 10.1 Å². The van der Waals surface area contributed by atoms with Crippen LogP contribution < -0.4 is 5.32 Å². The van der Waals surface area contributed by atoms with Crippen LogP contribution in [-0.4, -0.2) is 24.1 Å². The first-order chi connectivity index (χ1) is 15.1. The number of rotatable bonds is 9. The van der Waals surface area contributed by atoms with Gasteiger partial charge in [-0.3, -0.25) is 9.78 Å². The van der Waals surface area contributed by atoms with E-state index in [1.807, 2.05) is 19.1 Å². The van der Waals surface area contributed by atoms with Crippen LogP contribution in [0.3, 0.4) is 0 Å². The predicted octanol–water partition coefficient (Wildman–Crippen LogP) is 6.81. The summed E-state index contributed by atoms with van der Waals surface area (Å²) in [7, 11) is 0. The summed E-state index contributed by atoms with van der Waals surface area (Å²) < 4.78 is 5.20. The summed E-state index contributed by atoms with van der Waals surface area (Å²) in [6.45, 7) is 5.51. The second-order valence-electron chi connectivity index (χ2n) is 8.90. The number of benzene rings is 1. The van der Waals surface area contributed by atoms with Crippen LogP contribution in [0, 0.1) is 5.92 Å². The number of fused-ring (bicyclic) bond motifs is 5. The maximum Gasteiger partial charge on any atom is 0.309 e. The number of unbranched alkanes of at least 4 members (excludes halogenated alkanes) is 3. The van der Waals surface area contributed by atoms with Gasteiger partial charge in [0.2, 0.25) is 0 Å². The molecule has 0 saturated heterocycles. The zero-order valence-electron chi connectivity index (χ0n) is 18.7. The molecule has 0 aliphatic heterocycles. The van der Waals surface area contributed by atoms with E-state index < -0.39 is 0 Å². The molecule has 0 radical (unpaired) electrons. The number of hydrogen-bond donors (Lipinski definition) is 1. The molecule has 2 aromatic rings. The Bertz CT molecular complexity index is 985. The van der Waals surface area contributed by atoms with E-state index >= 15 is 0 Å². The smallest absolute Gasteiger partial charge is 0.309 e. The SMILES string of the molecule is CCCCCCNc1c2c(nc3cc(Cl)ccc13)C[C@H]1C=C(CC(=O)OCC)C[C@@H]2C1. The van der Waals surface area contributed by atoms with Gasteiger partial charge in [0.25, 0.3) is 0 Å². The third kappa shape index (κ3) is 5.06. The molecule has 1 aromatic carbocycles. The minimum absolute atomic E-state index is 0.116. The number of pyridine rings is 1. The van der Waals surface area contributed by atoms with E-state index in [0.29, 0.717) is 24.9 Å². The molecule has 2 aliphatic carbocycles. The number of hydrogen-bond acceptors (Lipinski definition) is 4. The van der Waals surface area contributed by atoms with Crippen molar-refractivity contribution in [1.82, 2.24) is 4.98 Å². The Hall–Kier alpha value is -2.07. The number of nitrogens with zero attached hydrogens (tertiary/aromatic N) is 1. The van der Waals surface area contributed by atoms with E-state index in [2.05, 4.69) is 24.4 Å². The quantitative estimate of drug-likeness (QED) is 0.264. The molecule has 0 amide bonds. The predicted molar refractivity (Wildman–Crippen MR) is 128 cm³/mol. The van der Waals surface area contributed by atoms with Gasteiger partial charge in [0.15, 0.2) is 0 Å². The lowest BCUT2D eigenvalue weighted by molar-refractivity contribution is -0.142. The van der Waals surface area contributed by atoms with Crippen molar-refractivity contribution in [3.8, 4) is 0 Å². The summed E-state index contributed by atoms with van der Waals surface area (Å²) in [4.78, 5) is 17.1. The van der Waals surface area contributed by atoms with Gasteiger partial charge in [-0.2, -0.15) is 0 Å². The lowest BCUT2D eigenvalue weighted by Crippen LogP contribution is -2.25. The second kappa shape index (κ2) is 10.0. The molecule has 5 heteroatoms. The van der Waals surface area contributed by atoms with Gasteiger partial charge in [-0.15, -0.1) is 0 Å². The highest BCUT2D eigenvalue weighted by atomic mass is 35.5. The fourth-order valence-corrected chi connectivity index (χ4v) is 5.39. The molecule has 1 N–H and O–H groups in total. The maximum atomic E-state index is 12.1. The molecule has 166 valence electrons. The molecule has 4 nitrogen and oxygen atoms in total. The molecule has 31 heavy (non-hydrogen) atoms. The zero-order chi connectivity index (χ0) is 21.8. The number of ether oxygens (including phenoxy) is 1. The second-order valence-corrected chi connectivity index (χ2v) is 9.34. The van der Waals surface area contributed by atoms with Crippen molar-refractivity contribution in [2.45, 2.75) is 71.1 Å². The van der Waals surface area contributed by atoms with Crippen molar-refractivity contribution in [3.63, 3.8) is 0 Å². The van der Waals surface area contributed by atoms with Crippen molar-refractivity contribution < 1.29 is 9.53 Å². The van der Waals surface area contributed by atoms with Crippen molar-refractivity contribution in [2.75, 3.05) is 18.5 Å². The molecule has 1 aromatic heterocycles. The molecular formula is C26H33ClN2O2. The van der Waals surface area contributed by atoms with Crippen molar-refractivity contribution in [2.24, 2.45) is 5.92 Å². The Morgan fingerprint density at radius 1 is 1.23 bits per heavy atom. The molecule has 0 fully saturated rings. The molecule has 0 spiro atoms. The molecule has 0 unspecified atom stereocenters. The monoisotopic (exact) mass is 440 g/mol. The summed E-state index contributed by atoms with van der Waals surface area (Å²) in [5.41, 5.74) is 5.97. The van der Waals surface area contributed by atoms with Gasteiger partial charge in [-0.1, -0.05) is 49.4 Å². The highest BCUT2D eigenvalue weighted by Gasteiger charge is 2.34. The molecule has 2 bridgehead atoms. The standard InChI is InChI=1S/C26H33ClN2O2/c1-3-5-6-7-10-28-26-21-9-8-20(27)16-22(21)29-23-14-17-11-18(15-24(30)31-4-2)13-19(12-17)25(23)26/h8-9,11,16-17,19H,3-7,10,12-15H2,1-2H3,(H,28,29)/t17-,19-/m0/s1. The number of allylic oxidation sites excluding steroid dienone is 1. The normalized spacial score (nSPS) is 19.6. The number of nitrogens with one attached hydrogen (secondary N) is 1. The van der Waals surface area contributed by atoms with E-state index in [4.69, 9.17) is 21.3 Å². The summed E-state index contributed by atoms with van der Waals surface area (Å²) >= 11 is 6.29. The van der Waals surface area contributed by atoms with Gasteiger partial charge >= 0.3 is 5.97 Å². The Balaban J connectivity index is 1.65. The van der Waals surface area contributed by atoms with Crippen LogP contribution >= 0.6 is 11.6 Å². The summed E-state index contributed by atoms with van der Waals surface area (Å²) in [6.07, 6.45) is 10.6. The van der Waals surface area contributed by atoms with Crippen LogP contribution in [-0.2, 0) is 16.0 Å². The van der Waals surface area contributed by atoms with Crippen LogP contribution in [0.1, 0.15) is 76.0 Å². The highest BCUT2D eigenvalue weighted by Crippen LogP contribution is 2.48. The zero-order valence-corrected chi connectivity index (χ0v) is 19.4. The van der Waals surface area contributed by atoms with Gasteiger partial charge in [-0.05, 0) is 62.6 Å². The Kier molecular flexibility index (Phi) is 7.16. The summed E-state index contributed by atoms with van der Waals surface area (Å²) in [6, 6.07) is 6.04. The van der Waals surface area contributed by atoms with Crippen molar-refractivity contribution in [1.29, 1.82) is 0 Å². The average Bonchev–Trinajstić information content (AvgIpc) is 2.72. The van der Waals surface area contributed by atoms with E-state index in [1.165, 1.54) is 48.2 Å². The van der Waals surface area contributed by atoms with Crippen LogP contribution in [0.15, 0.2) is 29.8 Å². The van der Waals surface area contributed by atoms with Crippen molar-refractivity contribution >= 4 is 34.2 Å². The molecule has 1 heterocycles. The van der Waals surface area contributed by atoms with Crippen molar-refractivity contribution in [3.05, 3.63) is 46.1 Å². The van der Waals surface area contributed by atoms with Gasteiger partial charge in [0.1, 0.15) is 0 Å². The number of halogens is 1. The lowest BCUT2D eigenvalue weighted by atomic mass is 9.70. The third-order valence-corrected chi connectivity index (χ3v) is 6.74. The third-order valence-electron chi connectivity index (χ3n) is 6.50. The van der Waals surface area contributed by atoms with E-state index in [1.54, 1.807) is 0 Å². The Morgan fingerprint density at radius 3 is 2.90 bits per heavy atom. The topological polar surface area (TPSA) is 51.2 Å².